The summed E-state index contributed by atoms with van der Waals surface area (Å²) in [7, 11) is 0. The number of anilines is 1. The lowest BCUT2D eigenvalue weighted by atomic mass is 10.1. The SMILES string of the molecule is Cc1ccc([N+](=O)[O-])cc1C(=O)Nc1cc(Cl)ccc1O. The minimum atomic E-state index is -0.576. The Bertz CT molecular complexity index is 731. The van der Waals surface area contributed by atoms with Crippen LogP contribution in [0.5, 0.6) is 5.75 Å². The number of rotatable bonds is 3. The largest absolute Gasteiger partial charge is 0.506 e. The summed E-state index contributed by atoms with van der Waals surface area (Å²) in [5.74, 6) is -0.704. The molecule has 0 saturated carbocycles. The molecule has 1 amide bonds. The molecule has 2 aromatic rings. The normalized spacial score (nSPS) is 10.2. The quantitative estimate of drug-likeness (QED) is 0.515. The molecule has 0 unspecified atom stereocenters. The van der Waals surface area contributed by atoms with Gasteiger partial charge in [0.2, 0.25) is 0 Å². The number of nitro benzene ring substituents is 1. The van der Waals surface area contributed by atoms with Crippen molar-refractivity contribution in [3.8, 4) is 5.75 Å². The molecule has 0 spiro atoms. The molecule has 0 heterocycles. The first kappa shape index (κ1) is 14.8. The fourth-order valence-electron chi connectivity index (χ4n) is 1.77. The molecule has 0 aliphatic carbocycles. The zero-order valence-corrected chi connectivity index (χ0v) is 11.7. The van der Waals surface area contributed by atoms with E-state index in [9.17, 15) is 20.0 Å². The number of aryl methyl sites for hydroxylation is 1. The first-order valence-electron chi connectivity index (χ1n) is 5.93. The minimum Gasteiger partial charge on any atom is -0.506 e. The molecule has 21 heavy (non-hydrogen) atoms. The number of hydrogen-bond acceptors (Lipinski definition) is 4. The lowest BCUT2D eigenvalue weighted by molar-refractivity contribution is -0.384. The van der Waals surface area contributed by atoms with Crippen LogP contribution in [0.2, 0.25) is 5.02 Å². The van der Waals surface area contributed by atoms with Gasteiger partial charge in [-0.05, 0) is 30.7 Å². The number of amides is 1. The summed E-state index contributed by atoms with van der Waals surface area (Å²) in [6, 6.07) is 8.21. The van der Waals surface area contributed by atoms with Crippen LogP contribution in [-0.4, -0.2) is 15.9 Å². The predicted molar refractivity (Wildman–Crippen MR) is 78.9 cm³/mol. The third-order valence-electron chi connectivity index (χ3n) is 2.88. The second-order valence-electron chi connectivity index (χ2n) is 4.37. The van der Waals surface area contributed by atoms with Gasteiger partial charge in [-0.3, -0.25) is 14.9 Å². The number of non-ortho nitro benzene ring substituents is 1. The van der Waals surface area contributed by atoms with Gasteiger partial charge in [-0.2, -0.15) is 0 Å². The van der Waals surface area contributed by atoms with Crippen molar-refractivity contribution in [2.75, 3.05) is 5.32 Å². The Hall–Kier alpha value is -2.60. The van der Waals surface area contributed by atoms with Gasteiger partial charge in [0, 0.05) is 22.7 Å². The highest BCUT2D eigenvalue weighted by Crippen LogP contribution is 2.27. The molecule has 6 nitrogen and oxygen atoms in total. The molecule has 0 aliphatic heterocycles. The molecule has 0 aliphatic rings. The molecule has 0 atom stereocenters. The summed E-state index contributed by atoms with van der Waals surface area (Å²) in [4.78, 5) is 22.4. The van der Waals surface area contributed by atoms with Crippen LogP contribution in [0.1, 0.15) is 15.9 Å². The van der Waals surface area contributed by atoms with Crippen LogP contribution in [0, 0.1) is 17.0 Å². The number of phenolic OH excluding ortho intramolecular Hbond substituents is 1. The molecule has 0 fully saturated rings. The fourth-order valence-corrected chi connectivity index (χ4v) is 1.94. The number of carbonyl (C=O) groups is 1. The number of hydrogen-bond donors (Lipinski definition) is 2. The molecule has 2 N–H and O–H groups in total. The molecular weight excluding hydrogens is 296 g/mol. The third kappa shape index (κ3) is 3.29. The topological polar surface area (TPSA) is 92.5 Å². The molecule has 108 valence electrons. The maximum Gasteiger partial charge on any atom is 0.270 e. The standard InChI is InChI=1S/C14H11ClN2O4/c1-8-2-4-10(17(20)21)7-11(8)14(19)16-12-6-9(15)3-5-13(12)18/h2-7,18H,1H3,(H,16,19). The average molecular weight is 307 g/mol. The number of halogens is 1. The van der Waals surface area contributed by atoms with E-state index in [0.717, 1.165) is 0 Å². The monoisotopic (exact) mass is 306 g/mol. The summed E-state index contributed by atoms with van der Waals surface area (Å²) < 4.78 is 0. The highest BCUT2D eigenvalue weighted by molar-refractivity contribution is 6.31. The van der Waals surface area contributed by atoms with Gasteiger partial charge >= 0.3 is 0 Å². The first-order valence-corrected chi connectivity index (χ1v) is 6.31. The van der Waals surface area contributed by atoms with Crippen LogP contribution in [0.25, 0.3) is 0 Å². The van der Waals surface area contributed by atoms with Gasteiger partial charge in [0.1, 0.15) is 5.75 Å². The van der Waals surface area contributed by atoms with Crippen LogP contribution in [0.4, 0.5) is 11.4 Å². The number of nitrogens with zero attached hydrogens (tertiary/aromatic N) is 1. The van der Waals surface area contributed by atoms with Crippen molar-refractivity contribution < 1.29 is 14.8 Å². The lowest BCUT2D eigenvalue weighted by Crippen LogP contribution is -2.13. The number of nitrogens with one attached hydrogen (secondary N) is 1. The maximum atomic E-state index is 12.2. The zero-order valence-electron chi connectivity index (χ0n) is 11.0. The smallest absolute Gasteiger partial charge is 0.270 e. The molecule has 7 heteroatoms. The van der Waals surface area contributed by atoms with Crippen LogP contribution in [-0.2, 0) is 0 Å². The van der Waals surface area contributed by atoms with Crippen molar-refractivity contribution >= 4 is 28.9 Å². The molecule has 0 radical (unpaired) electrons. The fraction of sp³-hybridized carbons (Fsp3) is 0.0714. The van der Waals surface area contributed by atoms with E-state index < -0.39 is 10.8 Å². The lowest BCUT2D eigenvalue weighted by Gasteiger charge is -2.09. The van der Waals surface area contributed by atoms with Crippen molar-refractivity contribution in [3.63, 3.8) is 0 Å². The Kier molecular flexibility index (Phi) is 4.09. The maximum absolute atomic E-state index is 12.2. The van der Waals surface area contributed by atoms with Gasteiger partial charge in [0.15, 0.2) is 0 Å². The summed E-state index contributed by atoms with van der Waals surface area (Å²) in [6.45, 7) is 1.66. The molecule has 0 bridgehead atoms. The Morgan fingerprint density at radius 3 is 2.67 bits per heavy atom. The van der Waals surface area contributed by atoms with E-state index in [1.54, 1.807) is 6.92 Å². The van der Waals surface area contributed by atoms with E-state index in [4.69, 9.17) is 11.6 Å². The van der Waals surface area contributed by atoms with Crippen LogP contribution in [0.15, 0.2) is 36.4 Å². The average Bonchev–Trinajstić information content (AvgIpc) is 2.43. The van der Waals surface area contributed by atoms with Gasteiger partial charge < -0.3 is 10.4 Å². The van der Waals surface area contributed by atoms with Gasteiger partial charge in [-0.15, -0.1) is 0 Å². The van der Waals surface area contributed by atoms with Crippen molar-refractivity contribution in [1.29, 1.82) is 0 Å². The molecule has 0 aromatic heterocycles. The van der Waals surface area contributed by atoms with Gasteiger partial charge in [-0.1, -0.05) is 17.7 Å². The molecule has 2 rings (SSSR count). The van der Waals surface area contributed by atoms with E-state index in [-0.39, 0.29) is 22.7 Å². The van der Waals surface area contributed by atoms with Gasteiger partial charge in [0.05, 0.1) is 10.6 Å². The summed E-state index contributed by atoms with van der Waals surface area (Å²) >= 11 is 5.79. The van der Waals surface area contributed by atoms with Crippen molar-refractivity contribution in [1.82, 2.24) is 0 Å². The Labute approximate surface area is 125 Å². The van der Waals surface area contributed by atoms with Crippen LogP contribution < -0.4 is 5.32 Å². The minimum absolute atomic E-state index is 0.137. The number of aromatic hydroxyl groups is 1. The first-order chi connectivity index (χ1) is 9.88. The Morgan fingerprint density at radius 1 is 1.29 bits per heavy atom. The summed E-state index contributed by atoms with van der Waals surface area (Å²) in [5, 5.41) is 23.2. The highest BCUT2D eigenvalue weighted by atomic mass is 35.5. The van der Waals surface area contributed by atoms with Crippen molar-refractivity contribution in [3.05, 3.63) is 62.7 Å². The summed E-state index contributed by atoms with van der Waals surface area (Å²) in [5.41, 5.74) is 0.697. The van der Waals surface area contributed by atoms with Gasteiger partial charge in [0.25, 0.3) is 11.6 Å². The van der Waals surface area contributed by atoms with E-state index in [0.29, 0.717) is 10.6 Å². The second-order valence-corrected chi connectivity index (χ2v) is 4.81. The second kappa shape index (κ2) is 5.80. The highest BCUT2D eigenvalue weighted by Gasteiger charge is 2.16. The molecule has 2 aromatic carbocycles. The van der Waals surface area contributed by atoms with E-state index in [1.165, 1.54) is 36.4 Å². The number of carbonyl (C=O) groups excluding carboxylic acids is 1. The van der Waals surface area contributed by atoms with Crippen molar-refractivity contribution in [2.45, 2.75) is 6.92 Å². The zero-order chi connectivity index (χ0) is 15.6. The van der Waals surface area contributed by atoms with Crippen molar-refractivity contribution in [2.24, 2.45) is 0 Å². The van der Waals surface area contributed by atoms with Gasteiger partial charge in [-0.25, -0.2) is 0 Å². The van der Waals surface area contributed by atoms with E-state index in [1.807, 2.05) is 0 Å². The number of nitro groups is 1. The third-order valence-corrected chi connectivity index (χ3v) is 3.12. The van der Waals surface area contributed by atoms with Crippen LogP contribution in [0.3, 0.4) is 0 Å². The molecular formula is C14H11ClN2O4. The Morgan fingerprint density at radius 2 is 2.00 bits per heavy atom. The van der Waals surface area contributed by atoms with E-state index >= 15 is 0 Å². The van der Waals surface area contributed by atoms with Crippen LogP contribution >= 0.6 is 11.6 Å². The Balaban J connectivity index is 2.34. The number of phenols is 1. The summed E-state index contributed by atoms with van der Waals surface area (Å²) in [6.07, 6.45) is 0. The van der Waals surface area contributed by atoms with E-state index in [2.05, 4.69) is 5.32 Å². The number of benzene rings is 2. The predicted octanol–water partition coefficient (Wildman–Crippen LogP) is 3.51. The molecule has 0 saturated heterocycles.